The highest BCUT2D eigenvalue weighted by atomic mass is 32.1. The average molecular weight is 252 g/mol. The summed E-state index contributed by atoms with van der Waals surface area (Å²) in [5, 5.41) is 8.58. The van der Waals surface area contributed by atoms with Crippen LogP contribution in [0, 0.1) is 5.92 Å². The van der Waals surface area contributed by atoms with E-state index in [0.29, 0.717) is 5.92 Å². The third-order valence-corrected chi connectivity index (χ3v) is 4.40. The minimum atomic E-state index is -0.292. The quantitative estimate of drug-likeness (QED) is 0.786. The molecule has 0 aliphatic carbocycles. The lowest BCUT2D eigenvalue weighted by Gasteiger charge is -2.35. The molecular weight excluding hydrogens is 236 g/mol. The van der Waals surface area contributed by atoms with Crippen LogP contribution in [-0.2, 0) is 10.3 Å². The highest BCUT2D eigenvalue weighted by molar-refractivity contribution is 7.08. The lowest BCUT2D eigenvalue weighted by atomic mass is 9.80. The minimum absolute atomic E-state index is 0.292. The van der Waals surface area contributed by atoms with Crippen LogP contribution in [0.1, 0.15) is 25.0 Å². The standard InChI is InChI=1S/C13H16OS2/c1-10(2)13(14-3,11-4-6-15-8-11)12-5-7-16-9-12/h4-10H,1-3H3. The van der Waals surface area contributed by atoms with Gasteiger partial charge in [0.2, 0.25) is 0 Å². The third kappa shape index (κ3) is 1.73. The molecular formula is C13H16OS2. The Hall–Kier alpha value is -0.640. The van der Waals surface area contributed by atoms with Crippen molar-refractivity contribution in [2.75, 3.05) is 7.11 Å². The van der Waals surface area contributed by atoms with E-state index in [1.807, 2.05) is 0 Å². The molecule has 0 fully saturated rings. The second-order valence-corrected chi connectivity index (χ2v) is 5.68. The van der Waals surface area contributed by atoms with E-state index in [1.54, 1.807) is 29.8 Å². The summed E-state index contributed by atoms with van der Waals surface area (Å²) in [5.74, 6) is 0.404. The van der Waals surface area contributed by atoms with Crippen LogP contribution in [0.25, 0.3) is 0 Å². The van der Waals surface area contributed by atoms with Crippen LogP contribution in [0.15, 0.2) is 33.7 Å². The van der Waals surface area contributed by atoms with Crippen LogP contribution in [0.3, 0.4) is 0 Å². The Morgan fingerprint density at radius 3 is 1.81 bits per heavy atom. The monoisotopic (exact) mass is 252 g/mol. The SMILES string of the molecule is COC(c1ccsc1)(c1ccsc1)C(C)C. The van der Waals surface area contributed by atoms with E-state index in [9.17, 15) is 0 Å². The Kier molecular flexibility index (Phi) is 3.47. The van der Waals surface area contributed by atoms with Crippen molar-refractivity contribution in [3.8, 4) is 0 Å². The van der Waals surface area contributed by atoms with Gasteiger partial charge in [-0.1, -0.05) is 13.8 Å². The van der Waals surface area contributed by atoms with Gasteiger partial charge < -0.3 is 4.74 Å². The molecule has 0 aromatic carbocycles. The molecule has 86 valence electrons. The van der Waals surface area contributed by atoms with Crippen LogP contribution in [0.2, 0.25) is 0 Å². The maximum absolute atomic E-state index is 5.90. The molecule has 0 bridgehead atoms. The van der Waals surface area contributed by atoms with Gasteiger partial charge in [-0.3, -0.25) is 0 Å². The topological polar surface area (TPSA) is 9.23 Å². The van der Waals surface area contributed by atoms with Gasteiger partial charge >= 0.3 is 0 Å². The van der Waals surface area contributed by atoms with Crippen molar-refractivity contribution >= 4 is 22.7 Å². The van der Waals surface area contributed by atoms with Crippen molar-refractivity contribution < 1.29 is 4.74 Å². The molecule has 0 aliphatic rings. The van der Waals surface area contributed by atoms with Crippen molar-refractivity contribution in [2.24, 2.45) is 5.92 Å². The van der Waals surface area contributed by atoms with Crippen LogP contribution in [0.5, 0.6) is 0 Å². The maximum atomic E-state index is 5.90. The normalized spacial score (nSPS) is 12.2. The Labute approximate surface area is 105 Å². The number of thiophene rings is 2. The second kappa shape index (κ2) is 4.70. The van der Waals surface area contributed by atoms with Gasteiger partial charge in [0.05, 0.1) is 0 Å². The van der Waals surface area contributed by atoms with Gasteiger partial charge in [0.25, 0.3) is 0 Å². The molecule has 1 nitrogen and oxygen atoms in total. The Morgan fingerprint density at radius 1 is 1.06 bits per heavy atom. The average Bonchev–Trinajstić information content (AvgIpc) is 2.89. The fourth-order valence-electron chi connectivity index (χ4n) is 2.26. The molecule has 0 aliphatic heterocycles. The first kappa shape index (κ1) is 11.8. The number of methoxy groups -OCH3 is 1. The second-order valence-electron chi connectivity index (χ2n) is 4.12. The van der Waals surface area contributed by atoms with E-state index in [-0.39, 0.29) is 5.60 Å². The smallest absolute Gasteiger partial charge is 0.122 e. The van der Waals surface area contributed by atoms with Crippen LogP contribution < -0.4 is 0 Å². The summed E-state index contributed by atoms with van der Waals surface area (Å²) in [7, 11) is 1.80. The molecule has 0 spiro atoms. The van der Waals surface area contributed by atoms with E-state index in [0.717, 1.165) is 0 Å². The van der Waals surface area contributed by atoms with E-state index in [2.05, 4.69) is 47.5 Å². The molecule has 0 atom stereocenters. The number of ether oxygens (including phenoxy) is 1. The van der Waals surface area contributed by atoms with Crippen molar-refractivity contribution in [2.45, 2.75) is 19.4 Å². The van der Waals surface area contributed by atoms with Gasteiger partial charge in [0.15, 0.2) is 0 Å². The first-order valence-corrected chi connectivity index (χ1v) is 7.21. The molecule has 0 saturated carbocycles. The fourth-order valence-corrected chi connectivity index (χ4v) is 3.66. The molecule has 16 heavy (non-hydrogen) atoms. The first-order valence-electron chi connectivity index (χ1n) is 5.32. The van der Waals surface area contributed by atoms with Gasteiger partial charge in [-0.05, 0) is 50.7 Å². The van der Waals surface area contributed by atoms with Gasteiger partial charge in [-0.25, -0.2) is 0 Å². The summed E-state index contributed by atoms with van der Waals surface area (Å²) in [6, 6.07) is 4.32. The van der Waals surface area contributed by atoms with Crippen LogP contribution >= 0.6 is 22.7 Å². The molecule has 0 amide bonds. The third-order valence-electron chi connectivity index (χ3n) is 3.04. The number of rotatable bonds is 4. The van der Waals surface area contributed by atoms with Crippen molar-refractivity contribution in [1.82, 2.24) is 0 Å². The Morgan fingerprint density at radius 2 is 1.56 bits per heavy atom. The first-order chi connectivity index (χ1) is 7.71. The van der Waals surface area contributed by atoms with E-state index >= 15 is 0 Å². The summed E-state index contributed by atoms with van der Waals surface area (Å²) in [4.78, 5) is 0. The zero-order valence-corrected chi connectivity index (χ0v) is 11.4. The largest absolute Gasteiger partial charge is 0.368 e. The molecule has 2 rings (SSSR count). The molecule has 2 aromatic rings. The predicted octanol–water partition coefficient (Wildman–Crippen LogP) is 4.36. The van der Waals surface area contributed by atoms with Gasteiger partial charge in [-0.15, -0.1) is 0 Å². The van der Waals surface area contributed by atoms with Crippen LogP contribution in [-0.4, -0.2) is 7.11 Å². The summed E-state index contributed by atoms with van der Waals surface area (Å²) in [6.07, 6.45) is 0. The van der Waals surface area contributed by atoms with Crippen molar-refractivity contribution in [3.63, 3.8) is 0 Å². The fraction of sp³-hybridized carbons (Fsp3) is 0.385. The highest BCUT2D eigenvalue weighted by Crippen LogP contribution is 2.41. The van der Waals surface area contributed by atoms with Gasteiger partial charge in [0.1, 0.15) is 5.60 Å². The van der Waals surface area contributed by atoms with E-state index in [1.165, 1.54) is 11.1 Å². The number of hydrogen-bond donors (Lipinski definition) is 0. The summed E-state index contributed by atoms with van der Waals surface area (Å²) in [6.45, 7) is 4.41. The molecule has 0 radical (unpaired) electrons. The zero-order valence-electron chi connectivity index (χ0n) is 9.77. The van der Waals surface area contributed by atoms with Crippen LogP contribution in [0.4, 0.5) is 0 Å². The van der Waals surface area contributed by atoms with Gasteiger partial charge in [0, 0.05) is 7.11 Å². The summed E-state index contributed by atoms with van der Waals surface area (Å²) in [5.41, 5.74) is 2.22. The minimum Gasteiger partial charge on any atom is -0.368 e. The zero-order chi connectivity index (χ0) is 11.6. The van der Waals surface area contributed by atoms with Gasteiger partial charge in [-0.2, -0.15) is 22.7 Å². The van der Waals surface area contributed by atoms with Crippen molar-refractivity contribution in [3.05, 3.63) is 44.8 Å². The predicted molar refractivity (Wildman–Crippen MR) is 71.3 cm³/mol. The molecule has 0 N–H and O–H groups in total. The number of hydrogen-bond acceptors (Lipinski definition) is 3. The maximum Gasteiger partial charge on any atom is 0.122 e. The van der Waals surface area contributed by atoms with E-state index in [4.69, 9.17) is 4.74 Å². The van der Waals surface area contributed by atoms with Crippen molar-refractivity contribution in [1.29, 1.82) is 0 Å². The lowest BCUT2D eigenvalue weighted by Crippen LogP contribution is -2.34. The Bertz CT molecular complexity index is 380. The lowest BCUT2D eigenvalue weighted by molar-refractivity contribution is -0.0167. The summed E-state index contributed by atoms with van der Waals surface area (Å²) >= 11 is 3.44. The highest BCUT2D eigenvalue weighted by Gasteiger charge is 2.38. The van der Waals surface area contributed by atoms with E-state index < -0.39 is 0 Å². The molecule has 0 saturated heterocycles. The summed E-state index contributed by atoms with van der Waals surface area (Å²) < 4.78 is 5.90. The molecule has 3 heteroatoms. The molecule has 2 aromatic heterocycles. The molecule has 0 unspecified atom stereocenters. The Balaban J connectivity index is 2.56. The molecule has 2 heterocycles.